The Hall–Kier alpha value is -2.32. The molecular formula is C36H62N2O6P+. The van der Waals surface area contributed by atoms with Gasteiger partial charge in [-0.2, -0.15) is 0 Å². The van der Waals surface area contributed by atoms with E-state index in [-0.39, 0.29) is 25.5 Å². The Kier molecular flexibility index (Phi) is 26.5. The van der Waals surface area contributed by atoms with Gasteiger partial charge in [-0.1, -0.05) is 112 Å². The van der Waals surface area contributed by atoms with Crippen molar-refractivity contribution in [1.82, 2.24) is 5.32 Å². The summed E-state index contributed by atoms with van der Waals surface area (Å²) in [5, 5.41) is 13.4. The first kappa shape index (κ1) is 42.7. The molecule has 0 aromatic carbocycles. The summed E-state index contributed by atoms with van der Waals surface area (Å²) in [4.78, 5) is 22.7. The highest BCUT2D eigenvalue weighted by Crippen LogP contribution is 2.43. The number of phosphoric acid groups is 1. The van der Waals surface area contributed by atoms with Crippen molar-refractivity contribution >= 4 is 13.7 Å². The smallest absolute Gasteiger partial charge is 0.387 e. The van der Waals surface area contributed by atoms with Gasteiger partial charge in [-0.15, -0.1) is 0 Å². The Morgan fingerprint density at radius 1 is 0.778 bits per heavy atom. The van der Waals surface area contributed by atoms with Crippen molar-refractivity contribution in [1.29, 1.82) is 0 Å². The Bertz CT molecular complexity index is 1010. The van der Waals surface area contributed by atoms with Gasteiger partial charge in [0.1, 0.15) is 13.2 Å². The molecule has 0 aliphatic heterocycles. The van der Waals surface area contributed by atoms with Crippen LogP contribution in [0.5, 0.6) is 0 Å². The number of nitrogens with zero attached hydrogens (tertiary/aromatic N) is 1. The molecule has 9 heteroatoms. The van der Waals surface area contributed by atoms with E-state index in [0.29, 0.717) is 17.4 Å². The van der Waals surface area contributed by atoms with Crippen molar-refractivity contribution in [3.05, 3.63) is 85.1 Å². The van der Waals surface area contributed by atoms with Gasteiger partial charge >= 0.3 is 7.82 Å². The molecule has 0 bridgehead atoms. The fraction of sp³-hybridized carbons (Fsp3) is 0.583. The molecule has 3 atom stereocenters. The molecule has 0 rings (SSSR count). The number of carbonyl (C=O) groups is 1. The first-order valence-electron chi connectivity index (χ1n) is 16.5. The van der Waals surface area contributed by atoms with Crippen LogP contribution in [0.25, 0.3) is 0 Å². The molecule has 0 fully saturated rings. The number of carbonyl (C=O) groups excluding carboxylic acids is 1. The zero-order chi connectivity index (χ0) is 33.7. The van der Waals surface area contributed by atoms with Gasteiger partial charge in [-0.05, 0) is 51.4 Å². The molecule has 1 amide bonds. The minimum Gasteiger partial charge on any atom is -0.387 e. The third kappa shape index (κ3) is 30.1. The lowest BCUT2D eigenvalue weighted by molar-refractivity contribution is -0.870. The fourth-order valence-electron chi connectivity index (χ4n) is 3.69. The number of aliphatic hydroxyl groups excluding tert-OH is 1. The third-order valence-corrected chi connectivity index (χ3v) is 7.37. The number of hydrogen-bond donors (Lipinski definition) is 3. The number of unbranched alkanes of at least 4 members (excludes halogenated alkanes) is 2. The lowest BCUT2D eigenvalue weighted by Crippen LogP contribution is -2.45. The number of quaternary nitrogens is 1. The van der Waals surface area contributed by atoms with Gasteiger partial charge in [0, 0.05) is 6.42 Å². The average Bonchev–Trinajstić information content (AvgIpc) is 2.97. The van der Waals surface area contributed by atoms with Gasteiger partial charge in [-0.25, -0.2) is 4.57 Å². The van der Waals surface area contributed by atoms with Crippen LogP contribution in [0.4, 0.5) is 0 Å². The van der Waals surface area contributed by atoms with E-state index in [1.165, 1.54) is 0 Å². The van der Waals surface area contributed by atoms with Crippen LogP contribution in [-0.2, 0) is 18.4 Å². The second kappa shape index (κ2) is 27.9. The van der Waals surface area contributed by atoms with Crippen LogP contribution < -0.4 is 5.32 Å². The highest BCUT2D eigenvalue weighted by atomic mass is 31.2. The van der Waals surface area contributed by atoms with Crippen molar-refractivity contribution < 1.29 is 32.9 Å². The number of rotatable bonds is 27. The summed E-state index contributed by atoms with van der Waals surface area (Å²) >= 11 is 0. The second-order valence-electron chi connectivity index (χ2n) is 11.8. The van der Waals surface area contributed by atoms with Crippen LogP contribution in [-0.4, -0.2) is 73.4 Å². The Morgan fingerprint density at radius 2 is 1.29 bits per heavy atom. The third-order valence-electron chi connectivity index (χ3n) is 6.38. The number of phosphoric ester groups is 1. The lowest BCUT2D eigenvalue weighted by atomic mass is 10.1. The van der Waals surface area contributed by atoms with Crippen LogP contribution in [0.3, 0.4) is 0 Å². The first-order chi connectivity index (χ1) is 21.5. The van der Waals surface area contributed by atoms with Crippen LogP contribution in [0.2, 0.25) is 0 Å². The molecule has 0 aliphatic carbocycles. The molecule has 0 saturated heterocycles. The summed E-state index contributed by atoms with van der Waals surface area (Å²) in [5.41, 5.74) is 0. The molecule has 0 saturated carbocycles. The van der Waals surface area contributed by atoms with Crippen LogP contribution in [0, 0.1) is 0 Å². The molecular weight excluding hydrogens is 587 g/mol. The number of nitrogens with one attached hydrogen (secondary N) is 1. The lowest BCUT2D eigenvalue weighted by Gasteiger charge is -2.25. The highest BCUT2D eigenvalue weighted by Gasteiger charge is 2.27. The molecule has 0 spiro atoms. The summed E-state index contributed by atoms with van der Waals surface area (Å²) in [7, 11) is 1.50. The van der Waals surface area contributed by atoms with E-state index < -0.39 is 20.0 Å². The summed E-state index contributed by atoms with van der Waals surface area (Å²) in [6.07, 6.45) is 37.2. The minimum absolute atomic E-state index is 0.0414. The van der Waals surface area contributed by atoms with Gasteiger partial charge < -0.3 is 19.8 Å². The molecule has 0 radical (unpaired) electrons. The summed E-state index contributed by atoms with van der Waals surface area (Å²) in [5.74, 6) is -0.275. The zero-order valence-electron chi connectivity index (χ0n) is 28.6. The van der Waals surface area contributed by atoms with Crippen LogP contribution in [0.1, 0.15) is 84.5 Å². The molecule has 8 nitrogen and oxygen atoms in total. The maximum absolute atomic E-state index is 12.6. The monoisotopic (exact) mass is 649 g/mol. The van der Waals surface area contributed by atoms with Gasteiger partial charge in [0.2, 0.25) is 5.91 Å². The Balaban J connectivity index is 4.49. The minimum atomic E-state index is -4.33. The number of amides is 1. The predicted octanol–water partition coefficient (Wildman–Crippen LogP) is 7.90. The zero-order valence-corrected chi connectivity index (χ0v) is 29.5. The van der Waals surface area contributed by atoms with Crippen LogP contribution in [0.15, 0.2) is 85.1 Å². The van der Waals surface area contributed by atoms with E-state index in [1.807, 2.05) is 39.4 Å². The Morgan fingerprint density at radius 3 is 1.78 bits per heavy atom. The number of hydrogen-bond acceptors (Lipinski definition) is 5. The fourth-order valence-corrected chi connectivity index (χ4v) is 4.43. The van der Waals surface area contributed by atoms with Crippen molar-refractivity contribution in [2.75, 3.05) is 40.9 Å². The standard InChI is InChI=1S/C36H61N2O6P/c1-6-8-10-12-13-14-15-16-17-18-19-20-21-22-23-24-25-26-28-30-36(40)37-34(35(39)29-27-11-9-7-2)33-44-45(41,42)43-32-31-38(3,4)5/h8,10,13-14,16-17,19-20,22-23,25-27,29,34-35,39H,6-7,9,11-12,15,18,21,24,28,30-33H2,1-5H3,(H-,37,40,41,42)/p+1/b10-8-,14-13-,17-16-,20-19-,23-22-,26-25-,29-27+. The van der Waals surface area contributed by atoms with E-state index in [2.05, 4.69) is 79.9 Å². The predicted molar refractivity (Wildman–Crippen MR) is 189 cm³/mol. The summed E-state index contributed by atoms with van der Waals surface area (Å²) in [6, 6.07) is -0.886. The van der Waals surface area contributed by atoms with Crippen molar-refractivity contribution in [2.24, 2.45) is 0 Å². The van der Waals surface area contributed by atoms with E-state index >= 15 is 0 Å². The van der Waals surface area contributed by atoms with Gasteiger partial charge in [0.15, 0.2) is 0 Å². The molecule has 256 valence electrons. The molecule has 45 heavy (non-hydrogen) atoms. The van der Waals surface area contributed by atoms with Gasteiger partial charge in [-0.3, -0.25) is 13.8 Å². The number of likely N-dealkylation sites (N-methyl/N-ethyl adjacent to an activating group) is 1. The Labute approximate surface area is 274 Å². The molecule has 3 N–H and O–H groups in total. The van der Waals surface area contributed by atoms with Crippen LogP contribution >= 0.6 is 7.82 Å². The number of aliphatic hydroxyl groups is 1. The quantitative estimate of drug-likeness (QED) is 0.0362. The molecule has 3 unspecified atom stereocenters. The van der Waals surface area contributed by atoms with E-state index in [4.69, 9.17) is 9.05 Å². The van der Waals surface area contributed by atoms with Crippen molar-refractivity contribution in [3.8, 4) is 0 Å². The second-order valence-corrected chi connectivity index (χ2v) is 13.3. The van der Waals surface area contributed by atoms with Gasteiger partial charge in [0.25, 0.3) is 0 Å². The summed E-state index contributed by atoms with van der Waals surface area (Å²) < 4.78 is 23.1. The summed E-state index contributed by atoms with van der Waals surface area (Å²) in [6.45, 7) is 4.42. The average molecular weight is 650 g/mol. The van der Waals surface area contributed by atoms with Crippen molar-refractivity contribution in [3.63, 3.8) is 0 Å². The van der Waals surface area contributed by atoms with Crippen molar-refractivity contribution in [2.45, 2.75) is 96.6 Å². The SMILES string of the molecule is CC/C=C\C/C=C\C/C=C\C/C=C\C/C=C\C/C=C\CCC(=O)NC(COP(=O)(O)OCC[N+](C)(C)C)C(O)/C=C/CCCC. The van der Waals surface area contributed by atoms with E-state index in [9.17, 15) is 19.4 Å². The molecule has 0 heterocycles. The largest absolute Gasteiger partial charge is 0.472 e. The first-order valence-corrected chi connectivity index (χ1v) is 18.0. The molecule has 0 aromatic heterocycles. The maximum atomic E-state index is 12.6. The topological polar surface area (TPSA) is 105 Å². The number of allylic oxidation sites excluding steroid dienone is 13. The normalized spacial score (nSPS) is 16.0. The molecule has 0 aliphatic rings. The maximum Gasteiger partial charge on any atom is 0.472 e. The highest BCUT2D eigenvalue weighted by molar-refractivity contribution is 7.47. The molecule has 0 aromatic rings. The van der Waals surface area contributed by atoms with E-state index in [0.717, 1.165) is 57.8 Å². The van der Waals surface area contributed by atoms with E-state index in [1.54, 1.807) is 6.08 Å². The van der Waals surface area contributed by atoms with Gasteiger partial charge in [0.05, 0.1) is 39.9 Å².